The molecule has 1 atom stereocenters. The van der Waals surface area contributed by atoms with Crippen molar-refractivity contribution in [3.63, 3.8) is 0 Å². The Morgan fingerprint density at radius 2 is 1.63 bits per heavy atom. The van der Waals surface area contributed by atoms with Crippen LogP contribution < -0.4 is 23.3 Å². The van der Waals surface area contributed by atoms with Crippen molar-refractivity contribution in [1.29, 1.82) is 0 Å². The van der Waals surface area contributed by atoms with Crippen molar-refractivity contribution in [2.75, 3.05) is 38.8 Å². The lowest BCUT2D eigenvalue weighted by Gasteiger charge is -2.25. The van der Waals surface area contributed by atoms with Gasteiger partial charge in [-0.2, -0.15) is 0 Å². The Balaban J connectivity index is 2.28. The number of carbonyl (C=O) groups excluding carboxylic acids is 1. The molecule has 0 heterocycles. The minimum Gasteiger partial charge on any atom is -0.497 e. The Labute approximate surface area is 205 Å². The number of nitrogens with zero attached hydrogens (tertiary/aromatic N) is 1. The predicted molar refractivity (Wildman–Crippen MR) is 129 cm³/mol. The van der Waals surface area contributed by atoms with E-state index in [2.05, 4.69) is 0 Å². The maximum Gasteiger partial charge on any atom is 0.338 e. The first-order valence-electron chi connectivity index (χ1n) is 10.3. The minimum absolute atomic E-state index is 0.00817. The van der Waals surface area contributed by atoms with Crippen LogP contribution in [0.5, 0.6) is 28.7 Å². The lowest BCUT2D eigenvalue weighted by Crippen LogP contribution is -2.21. The van der Waals surface area contributed by atoms with Crippen molar-refractivity contribution >= 4 is 28.6 Å². The number of benzene rings is 3. The molecule has 11 heteroatoms. The van der Waals surface area contributed by atoms with Crippen molar-refractivity contribution < 1.29 is 42.3 Å². The van der Waals surface area contributed by atoms with Crippen molar-refractivity contribution in [3.8, 4) is 28.7 Å². The summed E-state index contributed by atoms with van der Waals surface area (Å²) in [4.78, 5) is 12.4. The molecule has 2 N–H and O–H groups in total. The third kappa shape index (κ3) is 6.01. The van der Waals surface area contributed by atoms with Crippen LogP contribution in [0.15, 0.2) is 60.7 Å². The summed E-state index contributed by atoms with van der Waals surface area (Å²) in [6.07, 6.45) is 0. The number of hydrogen-bond donors (Lipinski definition) is 2. The Morgan fingerprint density at radius 3 is 2.20 bits per heavy atom. The van der Waals surface area contributed by atoms with E-state index in [0.717, 1.165) is 4.31 Å². The summed E-state index contributed by atoms with van der Waals surface area (Å²) < 4.78 is 51.1. The molecule has 10 nitrogen and oxygen atoms in total. The van der Waals surface area contributed by atoms with Gasteiger partial charge in [-0.1, -0.05) is 12.1 Å². The van der Waals surface area contributed by atoms with Crippen molar-refractivity contribution in [3.05, 3.63) is 66.2 Å². The second-order valence-electron chi connectivity index (χ2n) is 6.86. The molecule has 186 valence electrons. The minimum atomic E-state index is -2.60. The zero-order valence-electron chi connectivity index (χ0n) is 19.3. The van der Waals surface area contributed by atoms with Crippen molar-refractivity contribution in [1.82, 2.24) is 0 Å². The number of methoxy groups -OCH3 is 3. The molecule has 0 radical (unpaired) electrons. The fourth-order valence-corrected chi connectivity index (χ4v) is 3.79. The van der Waals surface area contributed by atoms with E-state index >= 15 is 0 Å². The van der Waals surface area contributed by atoms with Gasteiger partial charge in [-0.05, 0) is 48.5 Å². The summed E-state index contributed by atoms with van der Waals surface area (Å²) in [5, 5.41) is 9.32. The van der Waals surface area contributed by atoms with E-state index < -0.39 is 17.2 Å². The molecule has 0 spiro atoms. The fourth-order valence-electron chi connectivity index (χ4n) is 3.18. The summed E-state index contributed by atoms with van der Waals surface area (Å²) in [6.45, 7) is -0.447. The van der Waals surface area contributed by atoms with E-state index in [4.69, 9.17) is 23.7 Å². The predicted octanol–water partition coefficient (Wildman–Crippen LogP) is 3.93. The van der Waals surface area contributed by atoms with Gasteiger partial charge in [0.25, 0.3) is 11.3 Å². The molecule has 0 aliphatic carbocycles. The summed E-state index contributed by atoms with van der Waals surface area (Å²) in [5.41, 5.74) is 0.358. The largest absolute Gasteiger partial charge is 0.497 e. The van der Waals surface area contributed by atoms with E-state index in [1.54, 1.807) is 48.5 Å². The molecule has 0 amide bonds. The molecule has 3 rings (SSSR count). The summed E-state index contributed by atoms with van der Waals surface area (Å²) in [5.74, 6) is 0.556. The van der Waals surface area contributed by atoms with Gasteiger partial charge in [0, 0.05) is 0 Å². The van der Waals surface area contributed by atoms with Gasteiger partial charge in [0.2, 0.25) is 0 Å². The van der Waals surface area contributed by atoms with Crippen LogP contribution in [0.3, 0.4) is 0 Å². The number of hydrogen-bond acceptors (Lipinski definition) is 8. The number of aliphatic hydroxyl groups is 1. The van der Waals surface area contributed by atoms with Crippen LogP contribution in [0.4, 0.5) is 11.4 Å². The van der Waals surface area contributed by atoms with Gasteiger partial charge in [0.15, 0.2) is 23.0 Å². The first-order chi connectivity index (χ1) is 16.9. The average molecular weight is 504 g/mol. The van der Waals surface area contributed by atoms with Crippen LogP contribution in [-0.2, 0) is 16.0 Å². The van der Waals surface area contributed by atoms with Crippen molar-refractivity contribution in [2.24, 2.45) is 0 Å². The Kier molecular flexibility index (Phi) is 8.90. The van der Waals surface area contributed by atoms with Gasteiger partial charge in [-0.15, -0.1) is 0 Å². The van der Waals surface area contributed by atoms with E-state index in [0.29, 0.717) is 17.2 Å². The molecule has 0 fully saturated rings. The molecule has 0 bridgehead atoms. The normalized spacial score (nSPS) is 11.3. The SMILES string of the molecule is COC(=O)c1cc(OCCO)c(Oc2ccccc2OC)c(N(c2ccc(OC)cc2)S(=O)O)c1. The third-order valence-electron chi connectivity index (χ3n) is 4.77. The van der Waals surface area contributed by atoms with Crippen LogP contribution in [0.2, 0.25) is 0 Å². The number of ether oxygens (including phenoxy) is 5. The molecular weight excluding hydrogens is 478 g/mol. The molecule has 3 aromatic carbocycles. The molecule has 0 aromatic heterocycles. The average Bonchev–Trinajstić information content (AvgIpc) is 2.88. The standard InChI is InChI=1S/C24H25NO9S/c1-30-18-10-8-17(9-11-18)25(35(28)29)19-14-16(24(27)32-3)15-22(33-13-12-26)23(19)34-21-7-5-4-6-20(21)31-2/h4-11,14-15,26H,12-13H2,1-3H3,(H,28,29). The maximum atomic E-state index is 12.6. The smallest absolute Gasteiger partial charge is 0.338 e. The van der Waals surface area contributed by atoms with Crippen LogP contribution in [0.25, 0.3) is 0 Å². The van der Waals surface area contributed by atoms with Gasteiger partial charge in [0.1, 0.15) is 18.0 Å². The van der Waals surface area contributed by atoms with Crippen LogP contribution in [0, 0.1) is 0 Å². The quantitative estimate of drug-likeness (QED) is 0.296. The van der Waals surface area contributed by atoms with Crippen molar-refractivity contribution in [2.45, 2.75) is 0 Å². The lowest BCUT2D eigenvalue weighted by molar-refractivity contribution is 0.0600. The first-order valence-corrected chi connectivity index (χ1v) is 11.4. The highest BCUT2D eigenvalue weighted by atomic mass is 32.2. The molecule has 0 saturated heterocycles. The highest BCUT2D eigenvalue weighted by Gasteiger charge is 2.27. The number of rotatable bonds is 11. The second-order valence-corrected chi connectivity index (χ2v) is 7.69. The van der Waals surface area contributed by atoms with Gasteiger partial charge in [0.05, 0.1) is 39.2 Å². The second kappa shape index (κ2) is 12.1. The molecule has 0 aliphatic rings. The summed E-state index contributed by atoms with van der Waals surface area (Å²) in [6, 6.07) is 15.9. The fraction of sp³-hybridized carbons (Fsp3) is 0.208. The summed E-state index contributed by atoms with van der Waals surface area (Å²) >= 11 is -2.60. The zero-order valence-corrected chi connectivity index (χ0v) is 20.1. The zero-order chi connectivity index (χ0) is 25.4. The van der Waals surface area contributed by atoms with Gasteiger partial charge >= 0.3 is 5.97 Å². The number of carbonyl (C=O) groups is 1. The number of esters is 1. The molecule has 3 aromatic rings. The lowest BCUT2D eigenvalue weighted by atomic mass is 10.1. The van der Waals surface area contributed by atoms with Crippen LogP contribution in [-0.4, -0.2) is 54.4 Å². The highest BCUT2D eigenvalue weighted by molar-refractivity contribution is 7.81. The molecular formula is C24H25NO9S. The number of aliphatic hydroxyl groups excluding tert-OH is 1. The third-order valence-corrected chi connectivity index (χ3v) is 5.49. The molecule has 0 aliphatic heterocycles. The summed E-state index contributed by atoms with van der Waals surface area (Å²) in [7, 11) is 4.18. The maximum absolute atomic E-state index is 12.6. The van der Waals surface area contributed by atoms with E-state index in [1.807, 2.05) is 0 Å². The van der Waals surface area contributed by atoms with E-state index in [1.165, 1.54) is 33.5 Å². The van der Waals surface area contributed by atoms with E-state index in [-0.39, 0.29) is 41.7 Å². The van der Waals surface area contributed by atoms with Gasteiger partial charge < -0.3 is 28.8 Å². The Hall–Kier alpha value is -3.80. The van der Waals surface area contributed by atoms with Gasteiger partial charge in [-0.3, -0.25) is 4.55 Å². The number of anilines is 2. The van der Waals surface area contributed by atoms with Crippen LogP contribution >= 0.6 is 0 Å². The monoisotopic (exact) mass is 503 g/mol. The number of para-hydroxylation sites is 2. The van der Waals surface area contributed by atoms with Gasteiger partial charge in [-0.25, -0.2) is 13.3 Å². The Bertz CT molecular complexity index is 1180. The van der Waals surface area contributed by atoms with Crippen LogP contribution in [0.1, 0.15) is 10.4 Å². The molecule has 35 heavy (non-hydrogen) atoms. The topological polar surface area (TPSA) is 124 Å². The highest BCUT2D eigenvalue weighted by Crippen LogP contribution is 2.46. The molecule has 0 saturated carbocycles. The Morgan fingerprint density at radius 1 is 0.943 bits per heavy atom. The van der Waals surface area contributed by atoms with E-state index in [9.17, 15) is 18.7 Å². The first kappa shape index (κ1) is 25.8. The molecule has 1 unspecified atom stereocenters.